The molecule has 1 saturated carbocycles. The molecule has 1 aliphatic heterocycles. The van der Waals surface area contributed by atoms with Crippen molar-refractivity contribution in [2.75, 3.05) is 39.5 Å². The van der Waals surface area contributed by atoms with Crippen molar-refractivity contribution in [3.63, 3.8) is 0 Å². The summed E-state index contributed by atoms with van der Waals surface area (Å²) < 4.78 is 25.5. The van der Waals surface area contributed by atoms with Crippen molar-refractivity contribution in [1.82, 2.24) is 10.2 Å². The molecule has 1 saturated heterocycles. The zero-order chi connectivity index (χ0) is 18.5. The van der Waals surface area contributed by atoms with Crippen LogP contribution in [0.3, 0.4) is 0 Å². The van der Waals surface area contributed by atoms with Gasteiger partial charge in [-0.2, -0.15) is 0 Å². The van der Waals surface area contributed by atoms with Crippen molar-refractivity contribution in [2.45, 2.75) is 31.9 Å². The van der Waals surface area contributed by atoms with Gasteiger partial charge in [-0.1, -0.05) is 17.7 Å². The van der Waals surface area contributed by atoms with Crippen LogP contribution in [0, 0.1) is 11.7 Å². The monoisotopic (exact) mass is 384 g/mol. The highest BCUT2D eigenvalue weighted by Gasteiger charge is 2.29. The van der Waals surface area contributed by atoms with Crippen LogP contribution in [-0.2, 0) is 14.3 Å². The van der Waals surface area contributed by atoms with E-state index < -0.39 is 0 Å². The third-order valence-corrected chi connectivity index (χ3v) is 5.15. The summed E-state index contributed by atoms with van der Waals surface area (Å²) >= 11 is 6.29. The van der Waals surface area contributed by atoms with Crippen molar-refractivity contribution >= 4 is 17.5 Å². The first kappa shape index (κ1) is 19.5. The van der Waals surface area contributed by atoms with Crippen molar-refractivity contribution in [1.29, 1.82) is 0 Å². The molecule has 2 atom stereocenters. The lowest BCUT2D eigenvalue weighted by Gasteiger charge is -2.38. The van der Waals surface area contributed by atoms with Gasteiger partial charge in [0.2, 0.25) is 5.91 Å². The molecule has 1 heterocycles. The highest BCUT2D eigenvalue weighted by atomic mass is 35.5. The number of carbonyl (C=O) groups excluding carboxylic acids is 1. The minimum atomic E-state index is -0.360. The van der Waals surface area contributed by atoms with E-state index >= 15 is 0 Å². The Labute approximate surface area is 158 Å². The lowest BCUT2D eigenvalue weighted by atomic mass is 10.0. The molecule has 2 aliphatic rings. The van der Waals surface area contributed by atoms with E-state index in [1.165, 1.54) is 18.9 Å². The molecule has 1 N–H and O–H groups in total. The van der Waals surface area contributed by atoms with Gasteiger partial charge in [-0.15, -0.1) is 0 Å². The maximum absolute atomic E-state index is 14.5. The van der Waals surface area contributed by atoms with Crippen LogP contribution in [0.25, 0.3) is 0 Å². The molecular weight excluding hydrogens is 359 g/mol. The SMILES string of the molecule is C[C@H]1CN([C@@H](CNC(=O)COCC2CC2)c2c(F)cccc2Cl)CCO1. The van der Waals surface area contributed by atoms with Gasteiger partial charge in [-0.25, -0.2) is 4.39 Å². The van der Waals surface area contributed by atoms with E-state index in [-0.39, 0.29) is 37.0 Å². The number of nitrogens with one attached hydrogen (secondary N) is 1. The summed E-state index contributed by atoms with van der Waals surface area (Å²) in [6.45, 7) is 4.82. The van der Waals surface area contributed by atoms with Crippen LogP contribution < -0.4 is 5.32 Å². The molecule has 1 aromatic carbocycles. The number of halogens is 2. The molecule has 3 rings (SSSR count). The number of carbonyl (C=O) groups is 1. The summed E-state index contributed by atoms with van der Waals surface area (Å²) in [4.78, 5) is 14.2. The second-order valence-electron chi connectivity index (χ2n) is 7.09. The molecule has 0 aromatic heterocycles. The molecule has 7 heteroatoms. The molecule has 1 aromatic rings. The Morgan fingerprint density at radius 1 is 1.50 bits per heavy atom. The first-order valence-electron chi connectivity index (χ1n) is 9.18. The van der Waals surface area contributed by atoms with Crippen molar-refractivity contribution in [3.8, 4) is 0 Å². The number of ether oxygens (including phenoxy) is 2. The maximum atomic E-state index is 14.5. The summed E-state index contributed by atoms with van der Waals surface area (Å²) in [5, 5.41) is 3.24. The normalized spacial score (nSPS) is 22.2. The summed E-state index contributed by atoms with van der Waals surface area (Å²) in [7, 11) is 0. The third-order valence-electron chi connectivity index (χ3n) is 4.82. The summed E-state index contributed by atoms with van der Waals surface area (Å²) in [6.07, 6.45) is 2.42. The number of morpholine rings is 1. The molecule has 2 fully saturated rings. The molecule has 0 spiro atoms. The predicted octanol–water partition coefficient (Wildman–Crippen LogP) is 2.78. The van der Waals surface area contributed by atoms with Crippen LogP contribution in [0.1, 0.15) is 31.4 Å². The predicted molar refractivity (Wildman–Crippen MR) is 97.7 cm³/mol. The average molecular weight is 385 g/mol. The van der Waals surface area contributed by atoms with Crippen LogP contribution in [0.4, 0.5) is 4.39 Å². The summed E-state index contributed by atoms with van der Waals surface area (Å²) in [5.41, 5.74) is 0.419. The van der Waals surface area contributed by atoms with Gasteiger partial charge in [-0.3, -0.25) is 9.69 Å². The van der Waals surface area contributed by atoms with Crippen LogP contribution in [0.2, 0.25) is 5.02 Å². The largest absolute Gasteiger partial charge is 0.376 e. The first-order chi connectivity index (χ1) is 12.5. The smallest absolute Gasteiger partial charge is 0.246 e. The van der Waals surface area contributed by atoms with Gasteiger partial charge >= 0.3 is 0 Å². The van der Waals surface area contributed by atoms with Crippen LogP contribution in [0.5, 0.6) is 0 Å². The Bertz CT molecular complexity index is 607. The van der Waals surface area contributed by atoms with Gasteiger partial charge in [0, 0.05) is 30.2 Å². The highest BCUT2D eigenvalue weighted by molar-refractivity contribution is 6.31. The molecule has 0 bridgehead atoms. The third kappa shape index (κ3) is 5.39. The van der Waals surface area contributed by atoms with Crippen LogP contribution in [-0.4, -0.2) is 56.4 Å². The van der Waals surface area contributed by atoms with Crippen LogP contribution >= 0.6 is 11.6 Å². The molecular formula is C19H26ClFN2O3. The number of hydrogen-bond acceptors (Lipinski definition) is 4. The van der Waals surface area contributed by atoms with Gasteiger partial charge in [0.15, 0.2) is 0 Å². The van der Waals surface area contributed by atoms with E-state index in [4.69, 9.17) is 21.1 Å². The first-order valence-corrected chi connectivity index (χ1v) is 9.56. The second-order valence-corrected chi connectivity index (χ2v) is 7.50. The Hall–Kier alpha value is -1.21. The van der Waals surface area contributed by atoms with Crippen LogP contribution in [0.15, 0.2) is 18.2 Å². The number of benzene rings is 1. The van der Waals surface area contributed by atoms with Crippen molar-refractivity contribution in [3.05, 3.63) is 34.6 Å². The summed E-state index contributed by atoms with van der Waals surface area (Å²) in [5.74, 6) is 0.0629. The Morgan fingerprint density at radius 3 is 3.00 bits per heavy atom. The maximum Gasteiger partial charge on any atom is 0.246 e. The zero-order valence-corrected chi connectivity index (χ0v) is 15.8. The number of rotatable bonds is 8. The fourth-order valence-corrected chi connectivity index (χ4v) is 3.52. The Balaban J connectivity index is 1.65. The molecule has 1 amide bonds. The number of nitrogens with zero attached hydrogens (tertiary/aromatic N) is 1. The molecule has 26 heavy (non-hydrogen) atoms. The molecule has 0 radical (unpaired) electrons. The quantitative estimate of drug-likeness (QED) is 0.748. The minimum absolute atomic E-state index is 0.0355. The lowest BCUT2D eigenvalue weighted by molar-refractivity contribution is -0.126. The number of amides is 1. The standard InChI is InChI=1S/C19H26ClFN2O3/c1-13-10-23(7-8-26-13)17(19-15(20)3-2-4-16(19)21)9-22-18(24)12-25-11-14-5-6-14/h2-4,13-14,17H,5-12H2,1H3,(H,22,24)/t13-,17-/m0/s1. The molecule has 5 nitrogen and oxygen atoms in total. The van der Waals surface area contributed by atoms with Gasteiger partial charge in [-0.05, 0) is 37.8 Å². The van der Waals surface area contributed by atoms with Gasteiger partial charge in [0.05, 0.1) is 25.4 Å². The average Bonchev–Trinajstić information content (AvgIpc) is 3.41. The molecule has 1 aliphatic carbocycles. The number of hydrogen-bond donors (Lipinski definition) is 1. The fourth-order valence-electron chi connectivity index (χ4n) is 3.24. The van der Waals surface area contributed by atoms with Gasteiger partial charge in [0.1, 0.15) is 12.4 Å². The minimum Gasteiger partial charge on any atom is -0.376 e. The van der Waals surface area contributed by atoms with E-state index in [0.717, 1.165) is 0 Å². The van der Waals surface area contributed by atoms with E-state index in [0.29, 0.717) is 42.8 Å². The fraction of sp³-hybridized carbons (Fsp3) is 0.632. The topological polar surface area (TPSA) is 50.8 Å². The van der Waals surface area contributed by atoms with Gasteiger partial charge < -0.3 is 14.8 Å². The Morgan fingerprint density at radius 2 is 2.31 bits per heavy atom. The van der Waals surface area contributed by atoms with E-state index in [1.807, 2.05) is 6.92 Å². The zero-order valence-electron chi connectivity index (χ0n) is 15.0. The van der Waals surface area contributed by atoms with E-state index in [2.05, 4.69) is 10.2 Å². The van der Waals surface area contributed by atoms with Gasteiger partial charge in [0.25, 0.3) is 0 Å². The van der Waals surface area contributed by atoms with E-state index in [9.17, 15) is 9.18 Å². The molecule has 0 unspecified atom stereocenters. The highest BCUT2D eigenvalue weighted by Crippen LogP contribution is 2.31. The van der Waals surface area contributed by atoms with Crippen molar-refractivity contribution in [2.24, 2.45) is 5.92 Å². The second kappa shape index (κ2) is 9.13. The Kier molecular flexibility index (Phi) is 6.86. The lowest BCUT2D eigenvalue weighted by Crippen LogP contribution is -2.47. The van der Waals surface area contributed by atoms with E-state index in [1.54, 1.807) is 12.1 Å². The summed E-state index contributed by atoms with van der Waals surface area (Å²) in [6, 6.07) is 4.32. The van der Waals surface area contributed by atoms with Crippen molar-refractivity contribution < 1.29 is 18.7 Å². The molecule has 144 valence electrons.